The van der Waals surface area contributed by atoms with E-state index in [2.05, 4.69) is 20.7 Å². The monoisotopic (exact) mass is 164 g/mol. The van der Waals surface area contributed by atoms with Gasteiger partial charge < -0.3 is 0 Å². The molecule has 0 saturated heterocycles. The maximum atomic E-state index is 5.01. The number of aliphatic imine (C=N–C) groups is 1. The van der Waals surface area contributed by atoms with Crippen LogP contribution in [0.3, 0.4) is 0 Å². The lowest BCUT2D eigenvalue weighted by atomic mass is 10.3. The van der Waals surface area contributed by atoms with Crippen molar-refractivity contribution >= 4 is 5.84 Å². The summed E-state index contributed by atoms with van der Waals surface area (Å²) in [5, 5.41) is 7.40. The third-order valence-corrected chi connectivity index (χ3v) is 1.49. The summed E-state index contributed by atoms with van der Waals surface area (Å²) < 4.78 is 0. The summed E-state index contributed by atoms with van der Waals surface area (Å²) in [5.41, 5.74) is 3.61. The van der Waals surface area contributed by atoms with Gasteiger partial charge in [0.25, 0.3) is 0 Å². The lowest BCUT2D eigenvalue weighted by Gasteiger charge is -2.13. The van der Waals surface area contributed by atoms with Gasteiger partial charge in [-0.25, -0.2) is 5.48 Å². The van der Waals surface area contributed by atoms with E-state index in [4.69, 9.17) is 4.84 Å². The Balaban J connectivity index is 2.24. The van der Waals surface area contributed by atoms with Gasteiger partial charge in [0, 0.05) is 5.56 Å². The standard InChI is InChI=1S/C7H8N4O/c1-2-9-10-5-6(1)7-8-3-4-12-11-7/h1-2,5H,3-4H2,(H,8,11). The van der Waals surface area contributed by atoms with E-state index in [1.807, 2.05) is 6.07 Å². The third-order valence-electron chi connectivity index (χ3n) is 1.49. The van der Waals surface area contributed by atoms with Crippen molar-refractivity contribution in [2.24, 2.45) is 4.99 Å². The molecule has 1 N–H and O–H groups in total. The molecular formula is C7H8N4O. The van der Waals surface area contributed by atoms with Gasteiger partial charge in [0.15, 0.2) is 5.84 Å². The molecule has 0 fully saturated rings. The highest BCUT2D eigenvalue weighted by molar-refractivity contribution is 5.97. The first-order chi connectivity index (χ1) is 5.97. The fraction of sp³-hybridized carbons (Fsp3) is 0.286. The van der Waals surface area contributed by atoms with Crippen LogP contribution in [0.4, 0.5) is 0 Å². The van der Waals surface area contributed by atoms with E-state index in [-0.39, 0.29) is 0 Å². The first-order valence-corrected chi connectivity index (χ1v) is 3.66. The molecule has 0 bridgehead atoms. The molecule has 1 aromatic heterocycles. The van der Waals surface area contributed by atoms with Crippen molar-refractivity contribution in [3.05, 3.63) is 24.0 Å². The lowest BCUT2D eigenvalue weighted by Crippen LogP contribution is -2.30. The molecule has 1 aromatic rings. The van der Waals surface area contributed by atoms with Crippen LogP contribution in [-0.2, 0) is 4.84 Å². The first kappa shape index (κ1) is 7.17. The minimum absolute atomic E-state index is 0.613. The fourth-order valence-electron chi connectivity index (χ4n) is 0.936. The topological polar surface area (TPSA) is 59.4 Å². The summed E-state index contributed by atoms with van der Waals surface area (Å²) in [5.74, 6) is 0.719. The van der Waals surface area contributed by atoms with Gasteiger partial charge >= 0.3 is 0 Å². The van der Waals surface area contributed by atoms with Crippen LogP contribution in [0.25, 0.3) is 0 Å². The van der Waals surface area contributed by atoms with Gasteiger partial charge in [-0.2, -0.15) is 10.2 Å². The number of nitrogens with one attached hydrogen (secondary N) is 1. The van der Waals surface area contributed by atoms with Crippen LogP contribution in [0.15, 0.2) is 23.5 Å². The summed E-state index contributed by atoms with van der Waals surface area (Å²) in [6.45, 7) is 1.30. The maximum absolute atomic E-state index is 5.01. The molecule has 0 aromatic carbocycles. The van der Waals surface area contributed by atoms with Crippen LogP contribution in [0.5, 0.6) is 0 Å². The molecule has 5 heteroatoms. The molecule has 5 nitrogen and oxygen atoms in total. The van der Waals surface area contributed by atoms with Crippen LogP contribution >= 0.6 is 0 Å². The Labute approximate surface area is 69.4 Å². The van der Waals surface area contributed by atoms with Crippen LogP contribution in [0, 0.1) is 0 Å². The predicted molar refractivity (Wildman–Crippen MR) is 42.5 cm³/mol. The maximum Gasteiger partial charge on any atom is 0.154 e. The van der Waals surface area contributed by atoms with Crippen LogP contribution < -0.4 is 5.48 Å². The van der Waals surface area contributed by atoms with Gasteiger partial charge in [-0.1, -0.05) is 0 Å². The minimum Gasteiger partial charge on any atom is -0.273 e. The Kier molecular flexibility index (Phi) is 1.96. The van der Waals surface area contributed by atoms with Crippen molar-refractivity contribution < 1.29 is 4.84 Å². The van der Waals surface area contributed by atoms with Gasteiger partial charge in [-0.15, -0.1) is 0 Å². The molecule has 0 radical (unpaired) electrons. The number of rotatable bonds is 1. The molecule has 0 unspecified atom stereocenters. The molecule has 1 aliphatic heterocycles. The second-order valence-corrected chi connectivity index (χ2v) is 2.31. The van der Waals surface area contributed by atoms with E-state index < -0.39 is 0 Å². The zero-order valence-electron chi connectivity index (χ0n) is 6.40. The zero-order chi connectivity index (χ0) is 8.23. The molecule has 12 heavy (non-hydrogen) atoms. The van der Waals surface area contributed by atoms with E-state index in [1.54, 1.807) is 12.4 Å². The SMILES string of the molecule is c1cc(C2=NCCON2)cnn1. The summed E-state index contributed by atoms with van der Waals surface area (Å²) >= 11 is 0. The van der Waals surface area contributed by atoms with Crippen molar-refractivity contribution in [1.29, 1.82) is 0 Å². The van der Waals surface area contributed by atoms with E-state index >= 15 is 0 Å². The number of aromatic nitrogens is 2. The fourth-order valence-corrected chi connectivity index (χ4v) is 0.936. The van der Waals surface area contributed by atoms with Gasteiger partial charge in [0.1, 0.15) is 0 Å². The summed E-state index contributed by atoms with van der Waals surface area (Å²) in [6.07, 6.45) is 3.26. The average Bonchev–Trinajstić information content (AvgIpc) is 2.21. The minimum atomic E-state index is 0.613. The quantitative estimate of drug-likeness (QED) is 0.622. The highest BCUT2D eigenvalue weighted by Crippen LogP contribution is 1.98. The number of hydrogen-bond donors (Lipinski definition) is 1. The second-order valence-electron chi connectivity index (χ2n) is 2.31. The molecule has 2 heterocycles. The van der Waals surface area contributed by atoms with Gasteiger partial charge in [0.2, 0.25) is 0 Å². The molecule has 2 rings (SSSR count). The zero-order valence-corrected chi connectivity index (χ0v) is 6.40. The van der Waals surface area contributed by atoms with E-state index in [1.165, 1.54) is 0 Å². The molecule has 0 aliphatic carbocycles. The van der Waals surface area contributed by atoms with Crippen LogP contribution in [0.1, 0.15) is 5.56 Å². The number of hydrogen-bond acceptors (Lipinski definition) is 5. The van der Waals surface area contributed by atoms with E-state index in [0.29, 0.717) is 13.2 Å². The normalized spacial score (nSPS) is 16.5. The molecule has 62 valence electrons. The van der Waals surface area contributed by atoms with Crippen molar-refractivity contribution in [3.63, 3.8) is 0 Å². The third kappa shape index (κ3) is 1.40. The van der Waals surface area contributed by atoms with Gasteiger partial charge in [-0.3, -0.25) is 9.83 Å². The largest absolute Gasteiger partial charge is 0.273 e. The Morgan fingerprint density at radius 1 is 1.42 bits per heavy atom. The Hall–Kier alpha value is -1.49. The first-order valence-electron chi connectivity index (χ1n) is 3.66. The van der Waals surface area contributed by atoms with Gasteiger partial charge in [0.05, 0.1) is 25.5 Å². The molecule has 0 amide bonds. The number of hydroxylamine groups is 1. The highest BCUT2D eigenvalue weighted by atomic mass is 16.6. The average molecular weight is 164 g/mol. The highest BCUT2D eigenvalue weighted by Gasteiger charge is 2.06. The van der Waals surface area contributed by atoms with E-state index in [0.717, 1.165) is 11.4 Å². The molecule has 0 saturated carbocycles. The predicted octanol–water partition coefficient (Wildman–Crippen LogP) is -0.242. The number of amidine groups is 1. The van der Waals surface area contributed by atoms with Gasteiger partial charge in [-0.05, 0) is 6.07 Å². The second kappa shape index (κ2) is 3.27. The Morgan fingerprint density at radius 3 is 3.08 bits per heavy atom. The molecule has 0 spiro atoms. The molecular weight excluding hydrogens is 156 g/mol. The summed E-state index contributed by atoms with van der Waals surface area (Å²) in [6, 6.07) is 1.83. The summed E-state index contributed by atoms with van der Waals surface area (Å²) in [7, 11) is 0. The van der Waals surface area contributed by atoms with Crippen LogP contribution in [-0.4, -0.2) is 29.2 Å². The van der Waals surface area contributed by atoms with Crippen molar-refractivity contribution in [2.75, 3.05) is 13.2 Å². The Bertz CT molecular complexity index is 285. The van der Waals surface area contributed by atoms with Crippen molar-refractivity contribution in [1.82, 2.24) is 15.7 Å². The number of nitrogens with zero attached hydrogens (tertiary/aromatic N) is 3. The van der Waals surface area contributed by atoms with Crippen molar-refractivity contribution in [2.45, 2.75) is 0 Å². The molecule has 1 aliphatic rings. The summed E-state index contributed by atoms with van der Waals surface area (Å²) in [4.78, 5) is 9.22. The Morgan fingerprint density at radius 2 is 2.42 bits per heavy atom. The molecule has 0 atom stereocenters. The lowest BCUT2D eigenvalue weighted by molar-refractivity contribution is 0.0826. The van der Waals surface area contributed by atoms with Crippen LogP contribution in [0.2, 0.25) is 0 Å². The van der Waals surface area contributed by atoms with E-state index in [9.17, 15) is 0 Å². The van der Waals surface area contributed by atoms with Crippen molar-refractivity contribution in [3.8, 4) is 0 Å². The smallest absolute Gasteiger partial charge is 0.154 e.